The van der Waals surface area contributed by atoms with Gasteiger partial charge in [0.1, 0.15) is 0 Å². The standard InChI is InChI=1S/C20H14NO3/c22-19(15-7-3-1-4-8-15)21(17-9-5-2-6-10-17)18-13-11-16(12-14-18)20(23)24/h1,3-14H,(H,23,24). The van der Waals surface area contributed by atoms with Crippen molar-refractivity contribution >= 4 is 23.3 Å². The molecule has 0 aromatic heterocycles. The third-order valence-corrected chi connectivity index (χ3v) is 3.56. The highest BCUT2D eigenvalue weighted by Crippen LogP contribution is 2.27. The number of carbonyl (C=O) groups excluding carboxylic acids is 1. The summed E-state index contributed by atoms with van der Waals surface area (Å²) in [6.45, 7) is 0. The van der Waals surface area contributed by atoms with Crippen molar-refractivity contribution in [1.82, 2.24) is 0 Å². The van der Waals surface area contributed by atoms with Crippen molar-refractivity contribution in [2.45, 2.75) is 0 Å². The number of benzene rings is 3. The molecule has 117 valence electrons. The molecule has 0 bridgehead atoms. The number of hydrogen-bond acceptors (Lipinski definition) is 2. The van der Waals surface area contributed by atoms with Crippen LogP contribution >= 0.6 is 0 Å². The zero-order valence-corrected chi connectivity index (χ0v) is 12.7. The van der Waals surface area contributed by atoms with Crippen LogP contribution in [0.25, 0.3) is 0 Å². The van der Waals surface area contributed by atoms with Crippen molar-refractivity contribution in [3.8, 4) is 0 Å². The molecule has 4 nitrogen and oxygen atoms in total. The summed E-state index contributed by atoms with van der Waals surface area (Å²) in [6.07, 6.45) is 0. The summed E-state index contributed by atoms with van der Waals surface area (Å²) in [5.41, 5.74) is 2.01. The second-order valence-corrected chi connectivity index (χ2v) is 5.12. The second kappa shape index (κ2) is 6.79. The summed E-state index contributed by atoms with van der Waals surface area (Å²) in [6, 6.07) is 25.1. The van der Waals surface area contributed by atoms with Gasteiger partial charge in [-0.3, -0.25) is 9.69 Å². The van der Waals surface area contributed by atoms with E-state index in [1.165, 1.54) is 12.1 Å². The van der Waals surface area contributed by atoms with Gasteiger partial charge in [-0.25, -0.2) is 4.79 Å². The van der Waals surface area contributed by atoms with E-state index in [4.69, 9.17) is 5.11 Å². The van der Waals surface area contributed by atoms with Crippen LogP contribution in [0.4, 0.5) is 11.4 Å². The number of rotatable bonds is 4. The molecule has 0 unspecified atom stereocenters. The van der Waals surface area contributed by atoms with Gasteiger partial charge < -0.3 is 5.11 Å². The molecule has 24 heavy (non-hydrogen) atoms. The minimum absolute atomic E-state index is 0.173. The van der Waals surface area contributed by atoms with E-state index in [2.05, 4.69) is 6.07 Å². The number of aromatic carboxylic acids is 1. The Balaban J connectivity index is 2.06. The lowest BCUT2D eigenvalue weighted by Crippen LogP contribution is -2.25. The number of carboxylic acid groups (broad SMARTS) is 1. The number of carbonyl (C=O) groups is 2. The molecule has 0 atom stereocenters. The number of hydrogen-bond donors (Lipinski definition) is 1. The normalized spacial score (nSPS) is 10.2. The van der Waals surface area contributed by atoms with E-state index in [0.29, 0.717) is 16.9 Å². The van der Waals surface area contributed by atoms with Crippen molar-refractivity contribution in [2.75, 3.05) is 4.90 Å². The number of anilines is 2. The van der Waals surface area contributed by atoms with Gasteiger partial charge >= 0.3 is 5.97 Å². The highest BCUT2D eigenvalue weighted by Gasteiger charge is 2.19. The summed E-state index contributed by atoms with van der Waals surface area (Å²) >= 11 is 0. The molecule has 3 rings (SSSR count). The predicted octanol–water partition coefficient (Wildman–Crippen LogP) is 4.16. The zero-order chi connectivity index (χ0) is 16.9. The molecule has 1 radical (unpaired) electrons. The van der Waals surface area contributed by atoms with Crippen LogP contribution in [0.5, 0.6) is 0 Å². The lowest BCUT2D eigenvalue weighted by atomic mass is 10.1. The lowest BCUT2D eigenvalue weighted by Gasteiger charge is -2.23. The molecule has 0 fully saturated rings. The van der Waals surface area contributed by atoms with E-state index in [1.54, 1.807) is 65.6 Å². The van der Waals surface area contributed by atoms with Gasteiger partial charge in [-0.1, -0.05) is 30.3 Å². The maximum Gasteiger partial charge on any atom is 0.335 e. The molecule has 0 spiro atoms. The maximum atomic E-state index is 13.0. The Morgan fingerprint density at radius 2 is 1.33 bits per heavy atom. The SMILES string of the molecule is O=C(O)c1ccc(N(C(=O)c2ccccc2)c2cc[c]cc2)cc1. The van der Waals surface area contributed by atoms with E-state index in [1.807, 2.05) is 6.07 Å². The van der Waals surface area contributed by atoms with Crippen molar-refractivity contribution in [2.24, 2.45) is 0 Å². The smallest absolute Gasteiger partial charge is 0.335 e. The molecule has 0 saturated heterocycles. The third-order valence-electron chi connectivity index (χ3n) is 3.56. The fourth-order valence-electron chi connectivity index (χ4n) is 2.37. The van der Waals surface area contributed by atoms with Gasteiger partial charge in [-0.2, -0.15) is 0 Å². The Labute approximate surface area is 139 Å². The van der Waals surface area contributed by atoms with E-state index in [0.717, 1.165) is 0 Å². The predicted molar refractivity (Wildman–Crippen MR) is 91.6 cm³/mol. The molecule has 0 aliphatic carbocycles. The molecule has 4 heteroatoms. The van der Waals surface area contributed by atoms with Gasteiger partial charge in [0.25, 0.3) is 5.91 Å². The van der Waals surface area contributed by atoms with Crippen LogP contribution in [-0.2, 0) is 0 Å². The van der Waals surface area contributed by atoms with Gasteiger partial charge in [0, 0.05) is 16.9 Å². The van der Waals surface area contributed by atoms with E-state index in [9.17, 15) is 9.59 Å². The van der Waals surface area contributed by atoms with Crippen LogP contribution in [0.2, 0.25) is 0 Å². The summed E-state index contributed by atoms with van der Waals surface area (Å²) in [4.78, 5) is 25.5. The Morgan fingerprint density at radius 1 is 0.750 bits per heavy atom. The van der Waals surface area contributed by atoms with Crippen molar-refractivity contribution in [3.63, 3.8) is 0 Å². The van der Waals surface area contributed by atoms with Gasteiger partial charge in [0.2, 0.25) is 0 Å². The maximum absolute atomic E-state index is 13.0. The van der Waals surface area contributed by atoms with Gasteiger partial charge in [0.15, 0.2) is 0 Å². The first-order valence-electron chi connectivity index (χ1n) is 7.36. The number of nitrogens with zero attached hydrogens (tertiary/aromatic N) is 1. The summed E-state index contributed by atoms with van der Waals surface area (Å²) in [7, 11) is 0. The monoisotopic (exact) mass is 316 g/mol. The molecule has 3 aromatic rings. The van der Waals surface area contributed by atoms with Crippen LogP contribution in [0, 0.1) is 6.07 Å². The zero-order valence-electron chi connectivity index (χ0n) is 12.7. The van der Waals surface area contributed by atoms with Crippen LogP contribution in [0.3, 0.4) is 0 Å². The van der Waals surface area contributed by atoms with Gasteiger partial charge in [0.05, 0.1) is 5.56 Å². The Hall–Kier alpha value is -3.40. The van der Waals surface area contributed by atoms with Crippen molar-refractivity contribution in [1.29, 1.82) is 0 Å². The summed E-state index contributed by atoms with van der Waals surface area (Å²) in [5, 5.41) is 9.03. The summed E-state index contributed by atoms with van der Waals surface area (Å²) in [5.74, 6) is -1.19. The van der Waals surface area contributed by atoms with Gasteiger partial charge in [-0.05, 0) is 54.6 Å². The largest absolute Gasteiger partial charge is 0.478 e. The fourth-order valence-corrected chi connectivity index (χ4v) is 2.37. The van der Waals surface area contributed by atoms with E-state index < -0.39 is 5.97 Å². The van der Waals surface area contributed by atoms with Crippen LogP contribution in [0.15, 0.2) is 78.9 Å². The fraction of sp³-hybridized carbons (Fsp3) is 0. The summed E-state index contributed by atoms with van der Waals surface area (Å²) < 4.78 is 0. The quantitative estimate of drug-likeness (QED) is 0.786. The molecular weight excluding hydrogens is 302 g/mol. The highest BCUT2D eigenvalue weighted by molar-refractivity contribution is 6.11. The molecule has 1 N–H and O–H groups in total. The minimum atomic E-state index is -1.00. The van der Waals surface area contributed by atoms with E-state index >= 15 is 0 Å². The Bertz CT molecular complexity index is 843. The molecule has 0 aliphatic heterocycles. The minimum Gasteiger partial charge on any atom is -0.478 e. The second-order valence-electron chi connectivity index (χ2n) is 5.12. The van der Waals surface area contributed by atoms with Crippen LogP contribution in [-0.4, -0.2) is 17.0 Å². The highest BCUT2D eigenvalue weighted by atomic mass is 16.4. The van der Waals surface area contributed by atoms with Crippen LogP contribution in [0.1, 0.15) is 20.7 Å². The van der Waals surface area contributed by atoms with Gasteiger partial charge in [-0.15, -0.1) is 0 Å². The number of amides is 1. The molecule has 3 aromatic carbocycles. The van der Waals surface area contributed by atoms with Crippen molar-refractivity contribution in [3.05, 3.63) is 96.1 Å². The Kier molecular flexibility index (Phi) is 4.38. The van der Waals surface area contributed by atoms with E-state index in [-0.39, 0.29) is 11.5 Å². The third kappa shape index (κ3) is 3.17. The first kappa shape index (κ1) is 15.5. The topological polar surface area (TPSA) is 57.6 Å². The lowest BCUT2D eigenvalue weighted by molar-refractivity contribution is 0.0696. The molecule has 1 amide bonds. The van der Waals surface area contributed by atoms with Crippen molar-refractivity contribution < 1.29 is 14.7 Å². The molecule has 0 heterocycles. The molecule has 0 saturated carbocycles. The average Bonchev–Trinajstić information content (AvgIpc) is 2.64. The first-order chi connectivity index (χ1) is 11.7. The molecular formula is C20H14NO3. The Morgan fingerprint density at radius 3 is 1.92 bits per heavy atom. The van der Waals surface area contributed by atoms with Crippen LogP contribution < -0.4 is 4.90 Å². The molecule has 0 aliphatic rings. The number of carboxylic acids is 1. The average molecular weight is 316 g/mol. The first-order valence-corrected chi connectivity index (χ1v) is 7.36.